The van der Waals surface area contributed by atoms with Crippen molar-refractivity contribution in [3.05, 3.63) is 70.7 Å². The van der Waals surface area contributed by atoms with Crippen molar-refractivity contribution in [2.75, 3.05) is 0 Å². The standard InChI is InChI=1S/C28H30F4N4O4/c1-3-15(2)22(35-26(40)33-14-16-7-4-5-10-20(16)29)24(37)36-27(25(38)39)12-11-21-18(13-27)17-8-6-9-19(23(17)34-21)28(30,31)32/h4-10,15,22,34H,3,11-14H2,1-2H3,(H,36,37)(H,38,39)(H2,33,35,40)/t15?,22?,27-/m1/s1. The van der Waals surface area contributed by atoms with Gasteiger partial charge >= 0.3 is 18.2 Å². The Morgan fingerprint density at radius 1 is 1.12 bits per heavy atom. The second-order valence-electron chi connectivity index (χ2n) is 10.1. The number of hydrogen-bond donors (Lipinski definition) is 5. The van der Waals surface area contributed by atoms with Crippen molar-refractivity contribution >= 4 is 28.8 Å². The molecule has 2 unspecified atom stereocenters. The fourth-order valence-electron chi connectivity index (χ4n) is 5.08. The number of rotatable bonds is 8. The Morgan fingerprint density at radius 2 is 1.85 bits per heavy atom. The third kappa shape index (κ3) is 5.75. The minimum absolute atomic E-state index is 0.0675. The third-order valence-corrected chi connectivity index (χ3v) is 7.57. The van der Waals surface area contributed by atoms with Gasteiger partial charge in [0.15, 0.2) is 0 Å². The van der Waals surface area contributed by atoms with E-state index >= 15 is 0 Å². The van der Waals surface area contributed by atoms with Gasteiger partial charge in [0.2, 0.25) is 5.91 Å². The molecule has 0 bridgehead atoms. The first-order valence-electron chi connectivity index (χ1n) is 12.9. The summed E-state index contributed by atoms with van der Waals surface area (Å²) in [6.07, 6.45) is -4.34. The molecule has 0 saturated carbocycles. The molecule has 3 atom stereocenters. The van der Waals surface area contributed by atoms with Crippen LogP contribution in [0.5, 0.6) is 0 Å². The molecule has 3 amide bonds. The summed E-state index contributed by atoms with van der Waals surface area (Å²) in [6, 6.07) is 7.73. The number of fused-ring (bicyclic) bond motifs is 3. The Morgan fingerprint density at radius 3 is 2.50 bits per heavy atom. The molecule has 0 spiro atoms. The second kappa shape index (κ2) is 11.2. The summed E-state index contributed by atoms with van der Waals surface area (Å²) >= 11 is 0. The zero-order valence-corrected chi connectivity index (χ0v) is 21.9. The lowest BCUT2D eigenvalue weighted by atomic mass is 9.79. The zero-order chi connectivity index (χ0) is 29.2. The number of benzene rings is 2. The first-order chi connectivity index (χ1) is 18.9. The highest BCUT2D eigenvalue weighted by Gasteiger charge is 2.46. The second-order valence-corrected chi connectivity index (χ2v) is 10.1. The number of hydrogen-bond acceptors (Lipinski definition) is 3. The van der Waals surface area contributed by atoms with E-state index < -0.39 is 53.0 Å². The number of alkyl halides is 3. The van der Waals surface area contributed by atoms with E-state index in [0.29, 0.717) is 17.7 Å². The van der Waals surface area contributed by atoms with Gasteiger partial charge in [0.05, 0.1) is 11.1 Å². The van der Waals surface area contributed by atoms with E-state index in [1.54, 1.807) is 19.9 Å². The molecule has 0 fully saturated rings. The number of aliphatic carboxylic acids is 1. The Bertz CT molecular complexity index is 1440. The molecule has 1 aliphatic carbocycles. The number of carboxylic acids is 1. The molecule has 12 heteroatoms. The average molecular weight is 563 g/mol. The maximum atomic E-state index is 13.9. The number of carbonyl (C=O) groups excluding carboxylic acids is 2. The Hall–Kier alpha value is -4.09. The van der Waals surface area contributed by atoms with Crippen molar-refractivity contribution in [2.45, 2.75) is 63.8 Å². The number of urea groups is 1. The van der Waals surface area contributed by atoms with Crippen molar-refractivity contribution in [1.82, 2.24) is 20.9 Å². The fraction of sp³-hybridized carbons (Fsp3) is 0.393. The molecule has 5 N–H and O–H groups in total. The fourth-order valence-corrected chi connectivity index (χ4v) is 5.08. The molecule has 40 heavy (non-hydrogen) atoms. The molecule has 0 radical (unpaired) electrons. The molecule has 0 aliphatic heterocycles. The Labute approximate surface area is 227 Å². The predicted octanol–water partition coefficient (Wildman–Crippen LogP) is 4.67. The van der Waals surface area contributed by atoms with Gasteiger partial charge in [-0.05, 0) is 36.5 Å². The van der Waals surface area contributed by atoms with E-state index in [1.165, 1.54) is 30.3 Å². The van der Waals surface area contributed by atoms with Crippen LogP contribution in [0.4, 0.5) is 22.4 Å². The number of aryl methyl sites for hydroxylation is 1. The van der Waals surface area contributed by atoms with E-state index in [2.05, 4.69) is 20.9 Å². The van der Waals surface area contributed by atoms with Crippen LogP contribution in [0, 0.1) is 11.7 Å². The number of para-hydroxylation sites is 1. The highest BCUT2D eigenvalue weighted by Crippen LogP contribution is 2.40. The van der Waals surface area contributed by atoms with Crippen LogP contribution in [0.15, 0.2) is 42.5 Å². The first-order valence-corrected chi connectivity index (χ1v) is 12.9. The van der Waals surface area contributed by atoms with E-state index in [0.717, 1.165) is 6.07 Å². The molecule has 8 nitrogen and oxygen atoms in total. The van der Waals surface area contributed by atoms with Gasteiger partial charge in [0, 0.05) is 29.6 Å². The Balaban J connectivity index is 1.56. The minimum atomic E-state index is -4.60. The zero-order valence-electron chi connectivity index (χ0n) is 21.9. The van der Waals surface area contributed by atoms with Gasteiger partial charge in [-0.3, -0.25) is 4.79 Å². The van der Waals surface area contributed by atoms with Gasteiger partial charge in [-0.2, -0.15) is 13.2 Å². The topological polar surface area (TPSA) is 123 Å². The number of carbonyl (C=O) groups is 3. The molecule has 1 heterocycles. The van der Waals surface area contributed by atoms with Crippen LogP contribution in [0.25, 0.3) is 10.9 Å². The van der Waals surface area contributed by atoms with Gasteiger partial charge in [0.25, 0.3) is 0 Å². The van der Waals surface area contributed by atoms with Crippen LogP contribution in [0.3, 0.4) is 0 Å². The van der Waals surface area contributed by atoms with Crippen molar-refractivity contribution in [1.29, 1.82) is 0 Å². The SMILES string of the molecule is CCC(C)C(NC(=O)NCc1ccccc1F)C(=O)N[C@]1(C(=O)O)CCc2[nH]c3c(C(F)(F)F)cccc3c2C1. The van der Waals surface area contributed by atoms with Crippen LogP contribution in [-0.2, 0) is 35.2 Å². The van der Waals surface area contributed by atoms with Crippen molar-refractivity contribution in [2.24, 2.45) is 5.92 Å². The molecule has 214 valence electrons. The molecule has 3 aromatic rings. The van der Waals surface area contributed by atoms with Crippen LogP contribution in [-0.4, -0.2) is 39.6 Å². The van der Waals surface area contributed by atoms with E-state index in [9.17, 15) is 37.1 Å². The van der Waals surface area contributed by atoms with Crippen LogP contribution >= 0.6 is 0 Å². The first kappa shape index (κ1) is 28.9. The van der Waals surface area contributed by atoms with E-state index in [-0.39, 0.29) is 42.3 Å². The number of carboxylic acid groups (broad SMARTS) is 1. The van der Waals surface area contributed by atoms with Gasteiger partial charge in [-0.15, -0.1) is 0 Å². The summed E-state index contributed by atoms with van der Waals surface area (Å²) in [7, 11) is 0. The normalized spacial score (nSPS) is 18.4. The summed E-state index contributed by atoms with van der Waals surface area (Å²) < 4.78 is 54.6. The third-order valence-electron chi connectivity index (χ3n) is 7.57. The molecular formula is C28H30F4N4O4. The van der Waals surface area contributed by atoms with Crippen molar-refractivity contribution in [3.63, 3.8) is 0 Å². The average Bonchev–Trinajstić information content (AvgIpc) is 3.27. The number of aromatic amines is 1. The molecule has 0 saturated heterocycles. The number of nitrogens with one attached hydrogen (secondary N) is 4. The van der Waals surface area contributed by atoms with Gasteiger partial charge in [-0.25, -0.2) is 14.0 Å². The summed E-state index contributed by atoms with van der Waals surface area (Å²) in [6.45, 7) is 3.38. The lowest BCUT2D eigenvalue weighted by Crippen LogP contribution is -2.63. The lowest BCUT2D eigenvalue weighted by Gasteiger charge is -2.36. The molecule has 1 aliphatic rings. The number of H-pyrrole nitrogens is 1. The van der Waals surface area contributed by atoms with E-state index in [1.807, 2.05) is 0 Å². The summed E-state index contributed by atoms with van der Waals surface area (Å²) in [5, 5.41) is 18.1. The predicted molar refractivity (Wildman–Crippen MR) is 139 cm³/mol. The van der Waals surface area contributed by atoms with E-state index in [4.69, 9.17) is 0 Å². The highest BCUT2D eigenvalue weighted by atomic mass is 19.4. The number of aromatic nitrogens is 1. The molecule has 2 aromatic carbocycles. The maximum Gasteiger partial charge on any atom is 0.418 e. The van der Waals surface area contributed by atoms with Crippen molar-refractivity contribution < 1.29 is 37.1 Å². The van der Waals surface area contributed by atoms with Crippen LogP contribution in [0.1, 0.15) is 49.1 Å². The van der Waals surface area contributed by atoms with Gasteiger partial charge in [0.1, 0.15) is 17.4 Å². The summed E-state index contributed by atoms with van der Waals surface area (Å²) in [4.78, 5) is 41.4. The minimum Gasteiger partial charge on any atom is -0.479 e. The van der Waals surface area contributed by atoms with Gasteiger partial charge < -0.3 is 26.0 Å². The lowest BCUT2D eigenvalue weighted by molar-refractivity contribution is -0.148. The monoisotopic (exact) mass is 562 g/mol. The quantitative estimate of drug-likeness (QED) is 0.256. The highest BCUT2D eigenvalue weighted by molar-refractivity contribution is 5.94. The number of amides is 3. The summed E-state index contributed by atoms with van der Waals surface area (Å²) in [5.74, 6) is -2.97. The van der Waals surface area contributed by atoms with Crippen LogP contribution in [0.2, 0.25) is 0 Å². The maximum absolute atomic E-state index is 13.9. The smallest absolute Gasteiger partial charge is 0.418 e. The molecule has 1 aromatic heterocycles. The largest absolute Gasteiger partial charge is 0.479 e. The summed E-state index contributed by atoms with van der Waals surface area (Å²) in [5.41, 5.74) is -1.65. The Kier molecular flexibility index (Phi) is 8.08. The number of halogens is 4. The van der Waals surface area contributed by atoms with Gasteiger partial charge in [-0.1, -0.05) is 50.6 Å². The van der Waals surface area contributed by atoms with Crippen LogP contribution < -0.4 is 16.0 Å². The van der Waals surface area contributed by atoms with Crippen molar-refractivity contribution in [3.8, 4) is 0 Å². The molecule has 4 rings (SSSR count). The molecular weight excluding hydrogens is 532 g/mol.